The zero-order valence-electron chi connectivity index (χ0n) is 6.88. The summed E-state index contributed by atoms with van der Waals surface area (Å²) in [6, 6.07) is 0. The topological polar surface area (TPSA) is 23.5 Å². The fourth-order valence-corrected chi connectivity index (χ4v) is 1.61. The summed E-state index contributed by atoms with van der Waals surface area (Å²) in [7, 11) is 2.06. The molecular weight excluding hydrogens is 126 g/mol. The average molecular weight is 143 g/mol. The Bertz CT molecular complexity index is 105. The van der Waals surface area contributed by atoms with E-state index < -0.39 is 0 Å². The highest BCUT2D eigenvalue weighted by Gasteiger charge is 2.23. The van der Waals surface area contributed by atoms with Gasteiger partial charge < -0.3 is 10.0 Å². The molecule has 0 spiro atoms. The maximum absolute atomic E-state index is 9.50. The van der Waals surface area contributed by atoms with Gasteiger partial charge in [0.1, 0.15) is 0 Å². The van der Waals surface area contributed by atoms with Gasteiger partial charge >= 0.3 is 0 Å². The van der Waals surface area contributed by atoms with Gasteiger partial charge in [-0.05, 0) is 25.9 Å². The second-order valence-corrected chi connectivity index (χ2v) is 3.29. The van der Waals surface area contributed by atoms with Gasteiger partial charge in [0.2, 0.25) is 0 Å². The molecule has 1 rings (SSSR count). The molecule has 0 aromatic carbocycles. The minimum absolute atomic E-state index is 0.0799. The monoisotopic (exact) mass is 143 g/mol. The number of aliphatic hydroxyl groups excluding tert-OH is 1. The predicted octanol–water partition coefficient (Wildman–Crippen LogP) is 0.709. The summed E-state index contributed by atoms with van der Waals surface area (Å²) in [5.41, 5.74) is 0. The first-order valence-corrected chi connectivity index (χ1v) is 4.10. The first-order valence-electron chi connectivity index (χ1n) is 4.10. The number of aliphatic hydroxyl groups is 1. The lowest BCUT2D eigenvalue weighted by Crippen LogP contribution is -2.41. The van der Waals surface area contributed by atoms with Gasteiger partial charge in [-0.25, -0.2) is 0 Å². The number of hydrogen-bond donors (Lipinski definition) is 1. The Hall–Kier alpha value is -0.0800. The molecule has 0 radical (unpaired) electrons. The van der Waals surface area contributed by atoms with Crippen LogP contribution in [0.3, 0.4) is 0 Å². The normalized spacial score (nSPS) is 36.3. The molecule has 2 nitrogen and oxygen atoms in total. The minimum Gasteiger partial charge on any atom is -0.392 e. The number of piperidine rings is 1. The van der Waals surface area contributed by atoms with Crippen LogP contribution in [0.2, 0.25) is 0 Å². The lowest BCUT2D eigenvalue weighted by Gasteiger charge is -2.32. The summed E-state index contributed by atoms with van der Waals surface area (Å²) < 4.78 is 0. The zero-order chi connectivity index (χ0) is 7.56. The summed E-state index contributed by atoms with van der Waals surface area (Å²) >= 11 is 0. The molecule has 10 heavy (non-hydrogen) atoms. The van der Waals surface area contributed by atoms with Crippen molar-refractivity contribution < 1.29 is 5.11 Å². The van der Waals surface area contributed by atoms with Crippen molar-refractivity contribution in [3.63, 3.8) is 0 Å². The number of rotatable bonds is 1. The van der Waals surface area contributed by atoms with Crippen LogP contribution < -0.4 is 0 Å². The maximum Gasteiger partial charge on any atom is 0.0695 e. The van der Waals surface area contributed by atoms with Crippen LogP contribution in [-0.2, 0) is 0 Å². The Balaban J connectivity index is 2.36. The molecular formula is C8H17NO. The van der Waals surface area contributed by atoms with Crippen molar-refractivity contribution >= 4 is 0 Å². The van der Waals surface area contributed by atoms with Crippen LogP contribution in [0.1, 0.15) is 19.8 Å². The molecule has 2 heteroatoms. The smallest absolute Gasteiger partial charge is 0.0695 e. The summed E-state index contributed by atoms with van der Waals surface area (Å²) in [6.07, 6.45) is 2.20. The van der Waals surface area contributed by atoms with E-state index in [0.717, 1.165) is 25.9 Å². The molecule has 0 aliphatic carbocycles. The molecule has 1 aliphatic heterocycles. The van der Waals surface area contributed by atoms with E-state index in [2.05, 4.69) is 18.9 Å². The molecule has 0 amide bonds. The molecule has 2 atom stereocenters. The van der Waals surface area contributed by atoms with E-state index in [1.165, 1.54) is 0 Å². The van der Waals surface area contributed by atoms with Gasteiger partial charge in [-0.3, -0.25) is 0 Å². The fraction of sp³-hybridized carbons (Fsp3) is 1.00. The molecule has 60 valence electrons. The summed E-state index contributed by atoms with van der Waals surface area (Å²) in [6.45, 7) is 4.16. The van der Waals surface area contributed by atoms with Crippen molar-refractivity contribution in [2.75, 3.05) is 20.1 Å². The Morgan fingerprint density at radius 2 is 2.30 bits per heavy atom. The second-order valence-electron chi connectivity index (χ2n) is 3.29. The lowest BCUT2D eigenvalue weighted by atomic mass is 9.92. The summed E-state index contributed by atoms with van der Waals surface area (Å²) in [5.74, 6) is 0.552. The van der Waals surface area contributed by atoms with Crippen LogP contribution in [0.5, 0.6) is 0 Å². The summed E-state index contributed by atoms with van der Waals surface area (Å²) in [4.78, 5) is 2.19. The molecule has 0 saturated carbocycles. The van der Waals surface area contributed by atoms with E-state index in [1.54, 1.807) is 0 Å². The highest BCUT2D eigenvalue weighted by atomic mass is 16.3. The molecule has 1 aliphatic rings. The van der Waals surface area contributed by atoms with Gasteiger partial charge in [-0.15, -0.1) is 0 Å². The highest BCUT2D eigenvalue weighted by molar-refractivity contribution is 4.76. The number of likely N-dealkylation sites (N-methyl/N-ethyl adjacent to an activating group) is 1. The van der Waals surface area contributed by atoms with E-state index in [1.807, 2.05) is 0 Å². The Kier molecular flexibility index (Phi) is 2.69. The van der Waals surface area contributed by atoms with Crippen LogP contribution in [-0.4, -0.2) is 36.2 Å². The van der Waals surface area contributed by atoms with Crippen molar-refractivity contribution in [1.82, 2.24) is 4.90 Å². The fourth-order valence-electron chi connectivity index (χ4n) is 1.61. The Morgan fingerprint density at radius 3 is 2.80 bits per heavy atom. The van der Waals surface area contributed by atoms with E-state index in [4.69, 9.17) is 0 Å². The van der Waals surface area contributed by atoms with Gasteiger partial charge in [0, 0.05) is 6.54 Å². The van der Waals surface area contributed by atoms with Crippen LogP contribution in [0.15, 0.2) is 0 Å². The number of β-amino-alcohol motifs (C(OH)–C–C–N with tert-alkyl or cyclic N) is 1. The average Bonchev–Trinajstić information content (AvgIpc) is 1.88. The Labute approximate surface area is 62.8 Å². The van der Waals surface area contributed by atoms with Crippen LogP contribution >= 0.6 is 0 Å². The maximum atomic E-state index is 9.50. The van der Waals surface area contributed by atoms with Crippen molar-refractivity contribution in [2.24, 2.45) is 5.92 Å². The number of nitrogens with zero attached hydrogens (tertiary/aromatic N) is 1. The predicted molar refractivity (Wildman–Crippen MR) is 41.9 cm³/mol. The van der Waals surface area contributed by atoms with Crippen LogP contribution in [0, 0.1) is 5.92 Å². The third-order valence-electron chi connectivity index (χ3n) is 2.45. The third-order valence-corrected chi connectivity index (χ3v) is 2.45. The van der Waals surface area contributed by atoms with Gasteiger partial charge in [0.25, 0.3) is 0 Å². The molecule has 1 heterocycles. The zero-order valence-corrected chi connectivity index (χ0v) is 6.88. The summed E-state index contributed by atoms with van der Waals surface area (Å²) in [5, 5.41) is 9.50. The number of hydrogen-bond acceptors (Lipinski definition) is 2. The molecule has 0 aromatic heterocycles. The largest absolute Gasteiger partial charge is 0.392 e. The van der Waals surface area contributed by atoms with Crippen molar-refractivity contribution in [1.29, 1.82) is 0 Å². The van der Waals surface area contributed by atoms with Gasteiger partial charge in [-0.2, -0.15) is 0 Å². The molecule has 0 bridgehead atoms. The molecule has 1 unspecified atom stereocenters. The quantitative estimate of drug-likeness (QED) is 0.584. The van der Waals surface area contributed by atoms with Gasteiger partial charge in [-0.1, -0.05) is 13.3 Å². The molecule has 0 aromatic rings. The lowest BCUT2D eigenvalue weighted by molar-refractivity contribution is 0.0309. The molecule has 1 saturated heterocycles. The van der Waals surface area contributed by atoms with Crippen LogP contribution in [0.25, 0.3) is 0 Å². The molecule has 1 fully saturated rings. The van der Waals surface area contributed by atoms with E-state index >= 15 is 0 Å². The first kappa shape index (κ1) is 8.02. The SMILES string of the molecule is CC[C@H]1CCN(C)CC1O. The van der Waals surface area contributed by atoms with Crippen molar-refractivity contribution in [3.05, 3.63) is 0 Å². The van der Waals surface area contributed by atoms with Gasteiger partial charge in [0.05, 0.1) is 6.10 Å². The molecule has 1 N–H and O–H groups in total. The third kappa shape index (κ3) is 1.70. The van der Waals surface area contributed by atoms with Crippen LogP contribution in [0.4, 0.5) is 0 Å². The first-order chi connectivity index (χ1) is 4.74. The number of likely N-dealkylation sites (tertiary alicyclic amines) is 1. The second kappa shape index (κ2) is 3.35. The highest BCUT2D eigenvalue weighted by Crippen LogP contribution is 2.19. The van der Waals surface area contributed by atoms with Crippen molar-refractivity contribution in [3.8, 4) is 0 Å². The van der Waals surface area contributed by atoms with E-state index in [9.17, 15) is 5.11 Å². The van der Waals surface area contributed by atoms with Crippen molar-refractivity contribution in [2.45, 2.75) is 25.9 Å². The standard InChI is InChI=1S/C8H17NO/c1-3-7-4-5-9(2)6-8(7)10/h7-8,10H,3-6H2,1-2H3/t7-,8?/m0/s1. The minimum atomic E-state index is -0.0799. The van der Waals surface area contributed by atoms with E-state index in [0.29, 0.717) is 5.92 Å². The Morgan fingerprint density at radius 1 is 1.60 bits per heavy atom. The van der Waals surface area contributed by atoms with Gasteiger partial charge in [0.15, 0.2) is 0 Å². The van der Waals surface area contributed by atoms with E-state index in [-0.39, 0.29) is 6.10 Å².